The average molecular weight is 319 g/mol. The maximum absolute atomic E-state index is 12.5. The molecule has 4 heteroatoms. The SMILES string of the molecule is O=C(c1cc(Br)c[nH]1)N1CCCC1c1ccccc1. The van der Waals surface area contributed by atoms with Crippen molar-refractivity contribution in [1.82, 2.24) is 9.88 Å². The van der Waals surface area contributed by atoms with E-state index in [4.69, 9.17) is 0 Å². The van der Waals surface area contributed by atoms with Gasteiger partial charge in [0.2, 0.25) is 0 Å². The number of H-pyrrole nitrogens is 1. The number of halogens is 1. The van der Waals surface area contributed by atoms with Gasteiger partial charge in [-0.1, -0.05) is 30.3 Å². The number of carbonyl (C=O) groups is 1. The van der Waals surface area contributed by atoms with Crippen LogP contribution in [0.1, 0.15) is 34.9 Å². The van der Waals surface area contributed by atoms with Crippen molar-refractivity contribution in [2.24, 2.45) is 0 Å². The number of aromatic amines is 1. The minimum Gasteiger partial charge on any atom is -0.356 e. The lowest BCUT2D eigenvalue weighted by Gasteiger charge is -2.24. The molecule has 1 fully saturated rings. The van der Waals surface area contributed by atoms with E-state index >= 15 is 0 Å². The molecule has 1 aromatic heterocycles. The molecule has 1 amide bonds. The fourth-order valence-corrected chi connectivity index (χ4v) is 3.02. The zero-order valence-electron chi connectivity index (χ0n) is 10.5. The normalized spacial score (nSPS) is 18.8. The van der Waals surface area contributed by atoms with Crippen LogP contribution in [0.3, 0.4) is 0 Å². The topological polar surface area (TPSA) is 36.1 Å². The van der Waals surface area contributed by atoms with Gasteiger partial charge in [0.25, 0.3) is 5.91 Å². The molecule has 1 N–H and O–H groups in total. The number of nitrogens with one attached hydrogen (secondary N) is 1. The molecule has 1 aliphatic heterocycles. The summed E-state index contributed by atoms with van der Waals surface area (Å²) in [5, 5.41) is 0. The zero-order chi connectivity index (χ0) is 13.2. The summed E-state index contributed by atoms with van der Waals surface area (Å²) in [7, 11) is 0. The molecule has 2 heterocycles. The molecule has 0 bridgehead atoms. The molecule has 98 valence electrons. The lowest BCUT2D eigenvalue weighted by Crippen LogP contribution is -2.30. The lowest BCUT2D eigenvalue weighted by molar-refractivity contribution is 0.0730. The van der Waals surface area contributed by atoms with E-state index in [-0.39, 0.29) is 11.9 Å². The van der Waals surface area contributed by atoms with Crippen molar-refractivity contribution in [2.45, 2.75) is 18.9 Å². The minimum absolute atomic E-state index is 0.0806. The molecular formula is C15H15BrN2O. The van der Waals surface area contributed by atoms with E-state index in [0.29, 0.717) is 5.69 Å². The number of rotatable bonds is 2. The number of amides is 1. The van der Waals surface area contributed by atoms with Crippen LogP contribution in [-0.2, 0) is 0 Å². The largest absolute Gasteiger partial charge is 0.356 e. The van der Waals surface area contributed by atoms with Gasteiger partial charge in [0.1, 0.15) is 5.69 Å². The molecule has 2 aromatic rings. The van der Waals surface area contributed by atoms with Crippen molar-refractivity contribution < 1.29 is 4.79 Å². The highest BCUT2D eigenvalue weighted by Crippen LogP contribution is 2.33. The van der Waals surface area contributed by atoms with Crippen LogP contribution >= 0.6 is 15.9 Å². The Morgan fingerprint density at radius 3 is 2.79 bits per heavy atom. The van der Waals surface area contributed by atoms with Gasteiger partial charge in [-0.05, 0) is 40.4 Å². The predicted octanol–water partition coefficient (Wildman–Crippen LogP) is 3.75. The van der Waals surface area contributed by atoms with Gasteiger partial charge in [-0.15, -0.1) is 0 Å². The Bertz CT molecular complexity index is 579. The van der Waals surface area contributed by atoms with E-state index in [9.17, 15) is 4.79 Å². The summed E-state index contributed by atoms with van der Waals surface area (Å²) < 4.78 is 0.909. The molecular weight excluding hydrogens is 304 g/mol. The number of nitrogens with zero attached hydrogens (tertiary/aromatic N) is 1. The summed E-state index contributed by atoms with van der Waals surface area (Å²) in [6, 6.07) is 12.3. The monoisotopic (exact) mass is 318 g/mol. The number of aromatic nitrogens is 1. The Balaban J connectivity index is 1.86. The molecule has 0 spiro atoms. The highest BCUT2D eigenvalue weighted by Gasteiger charge is 2.30. The second-order valence-corrected chi connectivity index (χ2v) is 5.71. The van der Waals surface area contributed by atoms with Crippen LogP contribution in [0.15, 0.2) is 47.1 Å². The Morgan fingerprint density at radius 1 is 1.32 bits per heavy atom. The van der Waals surface area contributed by atoms with Gasteiger partial charge in [-0.3, -0.25) is 4.79 Å². The van der Waals surface area contributed by atoms with Crippen molar-refractivity contribution in [3.8, 4) is 0 Å². The lowest BCUT2D eigenvalue weighted by atomic mass is 10.0. The Hall–Kier alpha value is -1.55. The van der Waals surface area contributed by atoms with Gasteiger partial charge in [-0.25, -0.2) is 0 Å². The van der Waals surface area contributed by atoms with E-state index in [1.165, 1.54) is 5.56 Å². The van der Waals surface area contributed by atoms with Crippen molar-refractivity contribution in [1.29, 1.82) is 0 Å². The van der Waals surface area contributed by atoms with Gasteiger partial charge in [-0.2, -0.15) is 0 Å². The third-order valence-electron chi connectivity index (χ3n) is 3.58. The zero-order valence-corrected chi connectivity index (χ0v) is 12.1. The van der Waals surface area contributed by atoms with Crippen LogP contribution < -0.4 is 0 Å². The number of carbonyl (C=O) groups excluding carboxylic acids is 1. The number of hydrogen-bond acceptors (Lipinski definition) is 1. The molecule has 1 aromatic carbocycles. The van der Waals surface area contributed by atoms with E-state index in [1.807, 2.05) is 29.2 Å². The maximum Gasteiger partial charge on any atom is 0.270 e. The summed E-state index contributed by atoms with van der Waals surface area (Å²) >= 11 is 3.37. The molecule has 1 aliphatic rings. The molecule has 3 rings (SSSR count). The van der Waals surface area contributed by atoms with E-state index < -0.39 is 0 Å². The van der Waals surface area contributed by atoms with Crippen LogP contribution in [0.4, 0.5) is 0 Å². The van der Waals surface area contributed by atoms with Crippen molar-refractivity contribution in [2.75, 3.05) is 6.54 Å². The number of likely N-dealkylation sites (tertiary alicyclic amines) is 1. The van der Waals surface area contributed by atoms with Crippen LogP contribution in [0, 0.1) is 0 Å². The fourth-order valence-electron chi connectivity index (χ4n) is 2.68. The van der Waals surface area contributed by atoms with Crippen LogP contribution in [0.2, 0.25) is 0 Å². The van der Waals surface area contributed by atoms with Crippen molar-refractivity contribution in [3.63, 3.8) is 0 Å². The van der Waals surface area contributed by atoms with Gasteiger partial charge >= 0.3 is 0 Å². The quantitative estimate of drug-likeness (QED) is 0.899. The predicted molar refractivity (Wildman–Crippen MR) is 77.9 cm³/mol. The first-order valence-electron chi connectivity index (χ1n) is 6.45. The minimum atomic E-state index is 0.0806. The summed E-state index contributed by atoms with van der Waals surface area (Å²) in [6.45, 7) is 0.828. The average Bonchev–Trinajstić information content (AvgIpc) is 3.07. The summed E-state index contributed by atoms with van der Waals surface area (Å²) in [5.41, 5.74) is 1.87. The van der Waals surface area contributed by atoms with Gasteiger partial charge in [0, 0.05) is 17.2 Å². The summed E-state index contributed by atoms with van der Waals surface area (Å²) in [5.74, 6) is 0.0806. The molecule has 0 radical (unpaired) electrons. The summed E-state index contributed by atoms with van der Waals surface area (Å²) in [6.07, 6.45) is 3.89. The maximum atomic E-state index is 12.5. The Morgan fingerprint density at radius 2 is 2.11 bits per heavy atom. The first-order chi connectivity index (χ1) is 9.25. The molecule has 1 saturated heterocycles. The molecule has 19 heavy (non-hydrogen) atoms. The van der Waals surface area contributed by atoms with E-state index in [1.54, 1.807) is 6.20 Å². The van der Waals surface area contributed by atoms with Crippen LogP contribution in [0.25, 0.3) is 0 Å². The van der Waals surface area contributed by atoms with Crippen molar-refractivity contribution in [3.05, 3.63) is 58.3 Å². The standard InChI is InChI=1S/C15H15BrN2O/c16-12-9-13(17-10-12)15(19)18-8-4-7-14(18)11-5-2-1-3-6-11/h1-3,5-6,9-10,14,17H,4,7-8H2. The number of benzene rings is 1. The van der Waals surface area contributed by atoms with Crippen LogP contribution in [0.5, 0.6) is 0 Å². The second kappa shape index (κ2) is 5.21. The van der Waals surface area contributed by atoms with Crippen molar-refractivity contribution >= 4 is 21.8 Å². The van der Waals surface area contributed by atoms with E-state index in [2.05, 4.69) is 33.0 Å². The van der Waals surface area contributed by atoms with Crippen LogP contribution in [-0.4, -0.2) is 22.3 Å². The van der Waals surface area contributed by atoms with E-state index in [0.717, 1.165) is 23.9 Å². The first-order valence-corrected chi connectivity index (χ1v) is 7.25. The van der Waals surface area contributed by atoms with Gasteiger partial charge < -0.3 is 9.88 Å². The third-order valence-corrected chi connectivity index (χ3v) is 4.03. The summed E-state index contributed by atoms with van der Waals surface area (Å²) in [4.78, 5) is 17.5. The molecule has 0 aliphatic carbocycles. The second-order valence-electron chi connectivity index (χ2n) is 4.80. The Kier molecular flexibility index (Phi) is 3.42. The molecule has 1 unspecified atom stereocenters. The Labute approximate surface area is 120 Å². The highest BCUT2D eigenvalue weighted by atomic mass is 79.9. The number of hydrogen-bond donors (Lipinski definition) is 1. The molecule has 0 saturated carbocycles. The third kappa shape index (κ3) is 2.45. The fraction of sp³-hybridized carbons (Fsp3) is 0.267. The first kappa shape index (κ1) is 12.5. The smallest absolute Gasteiger partial charge is 0.270 e. The highest BCUT2D eigenvalue weighted by molar-refractivity contribution is 9.10. The van der Waals surface area contributed by atoms with Gasteiger partial charge in [0.15, 0.2) is 0 Å². The molecule has 3 nitrogen and oxygen atoms in total. The molecule has 1 atom stereocenters. The van der Waals surface area contributed by atoms with Gasteiger partial charge in [0.05, 0.1) is 6.04 Å².